The molecule has 0 aromatic carbocycles. The van der Waals surface area contributed by atoms with Crippen molar-refractivity contribution >= 4 is 6.09 Å². The van der Waals surface area contributed by atoms with Gasteiger partial charge in [-0.1, -0.05) is 0 Å². The molecule has 1 atom stereocenters. The molecular weight excluding hydrogens is 246 g/mol. The SMILES string of the molecule is CC(C)(C)OC(=O)N1CC[C@H](n2ncccc2=O)C1. The van der Waals surface area contributed by atoms with Crippen molar-refractivity contribution in [2.45, 2.75) is 38.8 Å². The van der Waals surface area contributed by atoms with Gasteiger partial charge in [0.25, 0.3) is 5.56 Å². The van der Waals surface area contributed by atoms with Crippen LogP contribution in [0.2, 0.25) is 0 Å². The summed E-state index contributed by atoms with van der Waals surface area (Å²) in [6, 6.07) is 3.02. The number of rotatable bonds is 1. The quantitative estimate of drug-likeness (QED) is 0.770. The molecule has 1 aromatic heterocycles. The number of hydrogen-bond donors (Lipinski definition) is 0. The van der Waals surface area contributed by atoms with E-state index in [1.807, 2.05) is 20.8 Å². The van der Waals surface area contributed by atoms with Gasteiger partial charge in [-0.25, -0.2) is 9.48 Å². The first-order valence-corrected chi connectivity index (χ1v) is 6.38. The first-order valence-electron chi connectivity index (χ1n) is 6.38. The lowest BCUT2D eigenvalue weighted by Gasteiger charge is -2.24. The van der Waals surface area contributed by atoms with Gasteiger partial charge < -0.3 is 9.64 Å². The maximum Gasteiger partial charge on any atom is 0.410 e. The third-order valence-electron chi connectivity index (χ3n) is 2.90. The van der Waals surface area contributed by atoms with Crippen molar-refractivity contribution in [1.82, 2.24) is 14.7 Å². The summed E-state index contributed by atoms with van der Waals surface area (Å²) in [6.45, 7) is 6.56. The number of hydrogen-bond acceptors (Lipinski definition) is 4. The second-order valence-electron chi connectivity index (χ2n) is 5.68. The van der Waals surface area contributed by atoms with Gasteiger partial charge in [0, 0.05) is 25.4 Å². The Bertz CT molecular complexity index is 518. The van der Waals surface area contributed by atoms with E-state index in [1.165, 1.54) is 10.7 Å². The zero-order chi connectivity index (χ0) is 14.0. The minimum absolute atomic E-state index is 0.0683. The van der Waals surface area contributed by atoms with Gasteiger partial charge in [0.05, 0.1) is 6.04 Å². The summed E-state index contributed by atoms with van der Waals surface area (Å²) in [4.78, 5) is 25.2. The van der Waals surface area contributed by atoms with E-state index in [9.17, 15) is 9.59 Å². The molecule has 2 rings (SSSR count). The molecular formula is C13H19N3O3. The normalized spacial score (nSPS) is 19.5. The van der Waals surface area contributed by atoms with Crippen molar-refractivity contribution in [3.05, 3.63) is 28.7 Å². The van der Waals surface area contributed by atoms with Crippen LogP contribution < -0.4 is 5.56 Å². The van der Waals surface area contributed by atoms with E-state index < -0.39 is 5.60 Å². The lowest BCUT2D eigenvalue weighted by molar-refractivity contribution is 0.0288. The Balaban J connectivity index is 2.03. The Hall–Kier alpha value is -1.85. The molecule has 19 heavy (non-hydrogen) atoms. The average molecular weight is 265 g/mol. The standard InChI is InChI=1S/C13H19N3O3/c1-13(2,3)19-12(18)15-8-6-10(9-15)16-11(17)5-4-7-14-16/h4-5,7,10H,6,8-9H2,1-3H3/t10-/m0/s1. The van der Waals surface area contributed by atoms with Crippen LogP contribution in [-0.2, 0) is 4.74 Å². The Morgan fingerprint density at radius 1 is 1.47 bits per heavy atom. The van der Waals surface area contributed by atoms with E-state index >= 15 is 0 Å². The summed E-state index contributed by atoms with van der Waals surface area (Å²) < 4.78 is 6.75. The van der Waals surface area contributed by atoms with Crippen LogP contribution in [0.1, 0.15) is 33.2 Å². The Labute approximate surface area is 112 Å². The van der Waals surface area contributed by atoms with Gasteiger partial charge in [0.1, 0.15) is 5.60 Å². The Morgan fingerprint density at radius 3 is 2.84 bits per heavy atom. The van der Waals surface area contributed by atoms with Crippen LogP contribution in [0.15, 0.2) is 23.1 Å². The van der Waals surface area contributed by atoms with Gasteiger partial charge in [0.15, 0.2) is 0 Å². The number of aromatic nitrogens is 2. The Morgan fingerprint density at radius 2 is 2.21 bits per heavy atom. The number of likely N-dealkylation sites (tertiary alicyclic amines) is 1. The van der Waals surface area contributed by atoms with Gasteiger partial charge in [-0.2, -0.15) is 5.10 Å². The fourth-order valence-corrected chi connectivity index (χ4v) is 2.08. The lowest BCUT2D eigenvalue weighted by Crippen LogP contribution is -2.36. The highest BCUT2D eigenvalue weighted by atomic mass is 16.6. The van der Waals surface area contributed by atoms with Gasteiger partial charge in [-0.3, -0.25) is 4.79 Å². The van der Waals surface area contributed by atoms with Crippen LogP contribution in [0.4, 0.5) is 4.79 Å². The highest BCUT2D eigenvalue weighted by Gasteiger charge is 2.31. The summed E-state index contributed by atoms with van der Waals surface area (Å²) in [7, 11) is 0. The molecule has 1 saturated heterocycles. The largest absolute Gasteiger partial charge is 0.444 e. The van der Waals surface area contributed by atoms with Crippen LogP contribution in [0.25, 0.3) is 0 Å². The summed E-state index contributed by atoms with van der Waals surface area (Å²) in [6.07, 6.45) is 1.97. The third-order valence-corrected chi connectivity index (χ3v) is 2.90. The molecule has 1 aromatic rings. The summed E-state index contributed by atoms with van der Waals surface area (Å²) in [5, 5.41) is 4.05. The summed E-state index contributed by atoms with van der Waals surface area (Å²) in [5.41, 5.74) is -0.643. The molecule has 0 bridgehead atoms. The molecule has 0 radical (unpaired) electrons. The number of carbonyl (C=O) groups is 1. The van der Waals surface area contributed by atoms with E-state index in [0.717, 1.165) is 6.42 Å². The van der Waals surface area contributed by atoms with Crippen molar-refractivity contribution in [3.8, 4) is 0 Å². The van der Waals surface area contributed by atoms with Crippen LogP contribution in [-0.4, -0.2) is 39.5 Å². The third kappa shape index (κ3) is 3.33. The van der Waals surface area contributed by atoms with Crippen molar-refractivity contribution in [3.63, 3.8) is 0 Å². The van der Waals surface area contributed by atoms with E-state index in [4.69, 9.17) is 4.74 Å². The van der Waals surface area contributed by atoms with Crippen LogP contribution in [0.3, 0.4) is 0 Å². The fourth-order valence-electron chi connectivity index (χ4n) is 2.08. The van der Waals surface area contributed by atoms with Crippen molar-refractivity contribution in [1.29, 1.82) is 0 Å². The second-order valence-corrected chi connectivity index (χ2v) is 5.68. The maximum absolute atomic E-state index is 11.9. The monoisotopic (exact) mass is 265 g/mol. The van der Waals surface area contributed by atoms with E-state index in [1.54, 1.807) is 17.2 Å². The maximum atomic E-state index is 11.9. The molecule has 0 spiro atoms. The smallest absolute Gasteiger partial charge is 0.410 e. The summed E-state index contributed by atoms with van der Waals surface area (Å²) in [5.74, 6) is 0. The number of amides is 1. The van der Waals surface area contributed by atoms with Crippen LogP contribution >= 0.6 is 0 Å². The average Bonchev–Trinajstić information content (AvgIpc) is 2.76. The van der Waals surface area contributed by atoms with Crippen molar-refractivity contribution in [2.24, 2.45) is 0 Å². The first kappa shape index (κ1) is 13.6. The van der Waals surface area contributed by atoms with E-state index in [0.29, 0.717) is 13.1 Å². The van der Waals surface area contributed by atoms with Gasteiger partial charge >= 0.3 is 6.09 Å². The molecule has 0 N–H and O–H groups in total. The molecule has 1 aliphatic heterocycles. The molecule has 1 amide bonds. The molecule has 6 nitrogen and oxygen atoms in total. The molecule has 0 saturated carbocycles. The Kier molecular flexibility index (Phi) is 3.59. The topological polar surface area (TPSA) is 64.4 Å². The molecule has 1 fully saturated rings. The first-order chi connectivity index (χ1) is 8.87. The highest BCUT2D eigenvalue weighted by Crippen LogP contribution is 2.21. The predicted molar refractivity (Wildman–Crippen MR) is 70.0 cm³/mol. The predicted octanol–water partition coefficient (Wildman–Crippen LogP) is 1.43. The van der Waals surface area contributed by atoms with Crippen molar-refractivity contribution < 1.29 is 9.53 Å². The van der Waals surface area contributed by atoms with Gasteiger partial charge in [-0.05, 0) is 33.3 Å². The number of nitrogens with zero attached hydrogens (tertiary/aromatic N) is 3. The van der Waals surface area contributed by atoms with Crippen molar-refractivity contribution in [2.75, 3.05) is 13.1 Å². The highest BCUT2D eigenvalue weighted by molar-refractivity contribution is 5.68. The minimum Gasteiger partial charge on any atom is -0.444 e. The molecule has 1 aliphatic rings. The molecule has 6 heteroatoms. The van der Waals surface area contributed by atoms with Crippen LogP contribution in [0.5, 0.6) is 0 Å². The van der Waals surface area contributed by atoms with Crippen LogP contribution in [0, 0.1) is 0 Å². The minimum atomic E-state index is -0.503. The van der Waals surface area contributed by atoms with E-state index in [-0.39, 0.29) is 17.7 Å². The zero-order valence-corrected chi connectivity index (χ0v) is 11.5. The molecule has 0 aliphatic carbocycles. The van der Waals surface area contributed by atoms with E-state index in [2.05, 4.69) is 5.10 Å². The van der Waals surface area contributed by atoms with Gasteiger partial charge in [0.2, 0.25) is 0 Å². The zero-order valence-electron chi connectivity index (χ0n) is 11.5. The molecule has 104 valence electrons. The summed E-state index contributed by atoms with van der Waals surface area (Å²) >= 11 is 0. The number of ether oxygens (including phenoxy) is 1. The van der Waals surface area contributed by atoms with Gasteiger partial charge in [-0.15, -0.1) is 0 Å². The fraction of sp³-hybridized carbons (Fsp3) is 0.615. The lowest BCUT2D eigenvalue weighted by atomic mass is 10.2. The second kappa shape index (κ2) is 5.03. The number of carbonyl (C=O) groups excluding carboxylic acids is 1. The molecule has 0 unspecified atom stereocenters. The molecule has 2 heterocycles.